The molecule has 0 bridgehead atoms. The zero-order chi connectivity index (χ0) is 28.0. The number of halogens is 2. The van der Waals surface area contributed by atoms with Gasteiger partial charge in [-0.2, -0.15) is 0 Å². The van der Waals surface area contributed by atoms with Crippen LogP contribution in [0.5, 0.6) is 0 Å². The first kappa shape index (κ1) is 26.3. The van der Waals surface area contributed by atoms with Gasteiger partial charge in [0.05, 0.1) is 22.4 Å². The van der Waals surface area contributed by atoms with Gasteiger partial charge in [-0.05, 0) is 74.9 Å². The van der Waals surface area contributed by atoms with Crippen LogP contribution in [0.25, 0.3) is 21.8 Å². The fourth-order valence-electron chi connectivity index (χ4n) is 5.68. The smallest absolute Gasteiger partial charge is 0.331 e. The number of hydrogen-bond acceptors (Lipinski definition) is 8. The molecule has 0 fully saturated rings. The second-order valence-electron chi connectivity index (χ2n) is 10.1. The van der Waals surface area contributed by atoms with Crippen LogP contribution in [0, 0.1) is 0 Å². The van der Waals surface area contributed by atoms with E-state index >= 15 is 0 Å². The average molecular weight is 577 g/mol. The van der Waals surface area contributed by atoms with Gasteiger partial charge in [-0.3, -0.25) is 9.97 Å². The van der Waals surface area contributed by atoms with Crippen LogP contribution in [0.4, 0.5) is 11.4 Å². The Morgan fingerprint density at radius 2 is 1.18 bits per heavy atom. The van der Waals surface area contributed by atoms with Crippen molar-refractivity contribution in [2.24, 2.45) is 0 Å². The summed E-state index contributed by atoms with van der Waals surface area (Å²) in [4.78, 5) is 34.9. The molecule has 6 rings (SSSR count). The van der Waals surface area contributed by atoms with Crippen molar-refractivity contribution in [1.29, 1.82) is 0 Å². The minimum Gasteiger partial charge on any atom is -0.454 e. The molecule has 40 heavy (non-hydrogen) atoms. The van der Waals surface area contributed by atoms with Crippen LogP contribution in [0.15, 0.2) is 48.6 Å². The molecular formula is C30H26Cl2N4O4. The molecule has 10 heteroatoms. The van der Waals surface area contributed by atoms with E-state index in [4.69, 9.17) is 54.1 Å². The summed E-state index contributed by atoms with van der Waals surface area (Å²) in [7, 11) is 0. The lowest BCUT2D eigenvalue weighted by Crippen LogP contribution is -2.20. The number of aryl methyl sites for hydroxylation is 2. The molecular weight excluding hydrogens is 551 g/mol. The van der Waals surface area contributed by atoms with Crippen LogP contribution in [-0.2, 0) is 31.9 Å². The van der Waals surface area contributed by atoms with Crippen molar-refractivity contribution >= 4 is 68.3 Å². The second-order valence-corrected chi connectivity index (χ2v) is 10.9. The monoisotopic (exact) mass is 576 g/mol. The number of rotatable bonds is 4. The van der Waals surface area contributed by atoms with E-state index in [1.807, 2.05) is 12.1 Å². The Bertz CT molecular complexity index is 1600. The van der Waals surface area contributed by atoms with E-state index < -0.39 is 24.1 Å². The van der Waals surface area contributed by atoms with Crippen LogP contribution in [0.3, 0.4) is 0 Å². The van der Waals surface area contributed by atoms with Gasteiger partial charge in [-0.1, -0.05) is 23.2 Å². The van der Waals surface area contributed by atoms with E-state index in [0.29, 0.717) is 56.2 Å². The van der Waals surface area contributed by atoms with Crippen LogP contribution >= 0.6 is 23.2 Å². The van der Waals surface area contributed by atoms with Crippen molar-refractivity contribution in [3.8, 4) is 0 Å². The van der Waals surface area contributed by atoms with Gasteiger partial charge in [0.25, 0.3) is 0 Å². The molecule has 2 unspecified atom stereocenters. The van der Waals surface area contributed by atoms with Crippen LogP contribution in [0.1, 0.15) is 60.4 Å². The van der Waals surface area contributed by atoms with Gasteiger partial charge in [0.1, 0.15) is 12.2 Å². The van der Waals surface area contributed by atoms with Gasteiger partial charge in [0.15, 0.2) is 0 Å². The molecule has 2 aromatic heterocycles. The lowest BCUT2D eigenvalue weighted by Gasteiger charge is -2.27. The Morgan fingerprint density at radius 3 is 1.60 bits per heavy atom. The summed E-state index contributed by atoms with van der Waals surface area (Å²) in [6, 6.07) is 10.7. The quantitative estimate of drug-likeness (QED) is 0.212. The Morgan fingerprint density at radius 1 is 0.750 bits per heavy atom. The lowest BCUT2D eigenvalue weighted by atomic mass is 9.90. The van der Waals surface area contributed by atoms with Gasteiger partial charge < -0.3 is 20.9 Å². The first-order valence-electron chi connectivity index (χ1n) is 13.1. The third-order valence-corrected chi connectivity index (χ3v) is 7.96. The number of nitrogen functional groups attached to an aromatic ring is 2. The summed E-state index contributed by atoms with van der Waals surface area (Å²) >= 11 is 12.3. The molecule has 0 radical (unpaired) electrons. The van der Waals surface area contributed by atoms with Gasteiger partial charge in [0.2, 0.25) is 0 Å². The first-order valence-corrected chi connectivity index (χ1v) is 13.9. The van der Waals surface area contributed by atoms with Crippen molar-refractivity contribution in [2.45, 2.75) is 50.7 Å². The fraction of sp³-hybridized carbons (Fsp3) is 0.267. The molecule has 2 aliphatic rings. The summed E-state index contributed by atoms with van der Waals surface area (Å²) in [6.07, 6.45) is 5.22. The highest BCUT2D eigenvalue weighted by molar-refractivity contribution is 6.31. The molecule has 0 aliphatic heterocycles. The molecule has 4 aromatic rings. The maximum atomic E-state index is 12.7. The van der Waals surface area contributed by atoms with Crippen LogP contribution < -0.4 is 11.5 Å². The normalized spacial score (nSPS) is 18.4. The molecule has 204 valence electrons. The van der Waals surface area contributed by atoms with Crippen LogP contribution in [0.2, 0.25) is 10.0 Å². The molecule has 0 spiro atoms. The lowest BCUT2D eigenvalue weighted by molar-refractivity contribution is -0.146. The van der Waals surface area contributed by atoms with Crippen molar-refractivity contribution in [2.75, 3.05) is 11.5 Å². The topological polar surface area (TPSA) is 130 Å². The van der Waals surface area contributed by atoms with Gasteiger partial charge >= 0.3 is 11.9 Å². The van der Waals surface area contributed by atoms with E-state index in [-0.39, 0.29) is 0 Å². The highest BCUT2D eigenvalue weighted by Crippen LogP contribution is 2.41. The van der Waals surface area contributed by atoms with Gasteiger partial charge in [-0.25, -0.2) is 9.59 Å². The standard InChI is InChI=1S/C30H26Cl2N4O4/c31-15-7-9-19-17(13-15)29(33)27-21(35-19)3-1-5-23(27)39-25(37)11-12-26(38)40-24-6-2-4-22-28(24)30(34)18-14-16(32)8-10-20(18)36-22/h7-14,23-24H,1-6H2,(H2,33,35)(H2,34,36)/b12-11-. The Hall–Kier alpha value is -3.88. The predicted molar refractivity (Wildman–Crippen MR) is 155 cm³/mol. The second kappa shape index (κ2) is 10.6. The van der Waals surface area contributed by atoms with E-state index in [1.54, 1.807) is 24.3 Å². The molecule has 0 amide bonds. The third-order valence-electron chi connectivity index (χ3n) is 7.49. The number of ether oxygens (including phenoxy) is 2. The number of esters is 2. The summed E-state index contributed by atoms with van der Waals surface area (Å²) in [6.45, 7) is 0. The maximum absolute atomic E-state index is 12.7. The van der Waals surface area contributed by atoms with E-state index in [0.717, 1.165) is 60.3 Å². The van der Waals surface area contributed by atoms with Crippen molar-refractivity contribution in [3.63, 3.8) is 0 Å². The molecule has 4 N–H and O–H groups in total. The highest BCUT2D eigenvalue weighted by atomic mass is 35.5. The highest BCUT2D eigenvalue weighted by Gasteiger charge is 2.30. The molecule has 8 nitrogen and oxygen atoms in total. The van der Waals surface area contributed by atoms with Crippen LogP contribution in [-0.4, -0.2) is 21.9 Å². The summed E-state index contributed by atoms with van der Waals surface area (Å²) in [5.41, 5.74) is 18.5. The summed E-state index contributed by atoms with van der Waals surface area (Å²) in [5, 5.41) is 2.51. The number of pyridine rings is 2. The minimum absolute atomic E-state index is 0.499. The molecule has 0 saturated carbocycles. The van der Waals surface area contributed by atoms with Crippen molar-refractivity contribution in [3.05, 3.63) is 81.1 Å². The van der Waals surface area contributed by atoms with Gasteiger partial charge in [0, 0.05) is 55.5 Å². The van der Waals surface area contributed by atoms with E-state index in [9.17, 15) is 9.59 Å². The molecule has 2 heterocycles. The van der Waals surface area contributed by atoms with E-state index in [2.05, 4.69) is 0 Å². The van der Waals surface area contributed by atoms with Gasteiger partial charge in [-0.15, -0.1) is 0 Å². The number of hydrogen-bond donors (Lipinski definition) is 2. The maximum Gasteiger partial charge on any atom is 0.331 e. The molecule has 2 aliphatic carbocycles. The number of carbonyl (C=O) groups excluding carboxylic acids is 2. The van der Waals surface area contributed by atoms with Crippen molar-refractivity contribution < 1.29 is 19.1 Å². The number of carbonyl (C=O) groups is 2. The van der Waals surface area contributed by atoms with Crippen molar-refractivity contribution in [1.82, 2.24) is 9.97 Å². The third kappa shape index (κ3) is 4.93. The zero-order valence-corrected chi connectivity index (χ0v) is 23.0. The minimum atomic E-state index is -0.675. The Balaban J connectivity index is 1.18. The number of nitrogens with zero attached hydrogens (tertiary/aromatic N) is 2. The number of aromatic nitrogens is 2. The average Bonchev–Trinajstić information content (AvgIpc) is 2.93. The zero-order valence-electron chi connectivity index (χ0n) is 21.5. The van der Waals surface area contributed by atoms with E-state index in [1.165, 1.54) is 0 Å². The predicted octanol–water partition coefficient (Wildman–Crippen LogP) is 6.35. The SMILES string of the molecule is Nc1c2c(nc3ccc(Cl)cc13)CCCC2OC(=O)/C=C\C(=O)OC1CCCc2nc3ccc(Cl)cc3c(N)c21. The fourth-order valence-corrected chi connectivity index (χ4v) is 6.03. The molecule has 2 atom stereocenters. The number of nitrogens with two attached hydrogens (primary N) is 2. The molecule has 0 saturated heterocycles. The first-order chi connectivity index (χ1) is 19.3. The number of benzene rings is 2. The summed E-state index contributed by atoms with van der Waals surface area (Å²) < 4.78 is 11.4. The largest absolute Gasteiger partial charge is 0.454 e. The Labute approximate surface area is 240 Å². The Kier molecular flexibility index (Phi) is 6.98. The number of fused-ring (bicyclic) bond motifs is 4. The molecule has 2 aromatic carbocycles. The summed E-state index contributed by atoms with van der Waals surface area (Å²) in [5.74, 6) is -1.35. The number of anilines is 2.